The SMILES string of the molecule is CC(CNCc1cnn(C)c1)c1cccs1. The molecule has 16 heavy (non-hydrogen) atoms. The first kappa shape index (κ1) is 11.4. The zero-order valence-corrected chi connectivity index (χ0v) is 10.5. The van der Waals surface area contributed by atoms with Gasteiger partial charge in [0.05, 0.1) is 6.20 Å². The van der Waals surface area contributed by atoms with Crippen LogP contribution in [0.25, 0.3) is 0 Å². The van der Waals surface area contributed by atoms with E-state index in [1.807, 2.05) is 35.5 Å². The van der Waals surface area contributed by atoms with Crippen molar-refractivity contribution in [2.24, 2.45) is 7.05 Å². The summed E-state index contributed by atoms with van der Waals surface area (Å²) in [6.07, 6.45) is 3.95. The van der Waals surface area contributed by atoms with Crippen LogP contribution in [0.2, 0.25) is 0 Å². The van der Waals surface area contributed by atoms with Crippen molar-refractivity contribution in [1.29, 1.82) is 0 Å². The molecule has 0 aromatic carbocycles. The standard InChI is InChI=1S/C12H17N3S/c1-10(12-4-3-5-16-12)6-13-7-11-8-14-15(2)9-11/h3-5,8-10,13H,6-7H2,1-2H3. The van der Waals surface area contributed by atoms with Crippen LogP contribution in [0.1, 0.15) is 23.3 Å². The summed E-state index contributed by atoms with van der Waals surface area (Å²) in [5.41, 5.74) is 1.24. The number of aryl methyl sites for hydroxylation is 1. The van der Waals surface area contributed by atoms with Crippen LogP contribution in [-0.2, 0) is 13.6 Å². The van der Waals surface area contributed by atoms with Crippen LogP contribution in [0.3, 0.4) is 0 Å². The van der Waals surface area contributed by atoms with Crippen LogP contribution in [0.4, 0.5) is 0 Å². The lowest BCUT2D eigenvalue weighted by Gasteiger charge is -2.09. The number of aromatic nitrogens is 2. The zero-order chi connectivity index (χ0) is 11.4. The molecule has 2 aromatic heterocycles. The summed E-state index contributed by atoms with van der Waals surface area (Å²) in [7, 11) is 1.94. The fraction of sp³-hybridized carbons (Fsp3) is 0.417. The van der Waals surface area contributed by atoms with Gasteiger partial charge in [-0.05, 0) is 11.4 Å². The first-order valence-corrected chi connectivity index (χ1v) is 6.35. The lowest BCUT2D eigenvalue weighted by Crippen LogP contribution is -2.18. The van der Waals surface area contributed by atoms with Crippen molar-refractivity contribution < 1.29 is 0 Å². The van der Waals surface area contributed by atoms with E-state index in [4.69, 9.17) is 0 Å². The van der Waals surface area contributed by atoms with Gasteiger partial charge in [-0.2, -0.15) is 5.10 Å². The quantitative estimate of drug-likeness (QED) is 0.862. The maximum absolute atomic E-state index is 4.14. The molecule has 0 saturated carbocycles. The second-order valence-corrected chi connectivity index (χ2v) is 5.05. The van der Waals surface area contributed by atoms with Gasteiger partial charge < -0.3 is 5.32 Å². The molecule has 2 rings (SSSR count). The van der Waals surface area contributed by atoms with Gasteiger partial charge in [0.25, 0.3) is 0 Å². The average molecular weight is 235 g/mol. The number of rotatable bonds is 5. The summed E-state index contributed by atoms with van der Waals surface area (Å²) in [5, 5.41) is 9.73. The van der Waals surface area contributed by atoms with E-state index in [9.17, 15) is 0 Å². The second kappa shape index (κ2) is 5.27. The maximum Gasteiger partial charge on any atom is 0.0534 e. The molecule has 0 aliphatic carbocycles. The third-order valence-corrected chi connectivity index (χ3v) is 3.67. The number of thiophene rings is 1. The molecular formula is C12H17N3S. The van der Waals surface area contributed by atoms with E-state index in [-0.39, 0.29) is 0 Å². The molecule has 0 amide bonds. The largest absolute Gasteiger partial charge is 0.312 e. The zero-order valence-electron chi connectivity index (χ0n) is 9.68. The first-order chi connectivity index (χ1) is 7.75. The topological polar surface area (TPSA) is 29.9 Å². The molecule has 0 aliphatic rings. The number of hydrogen-bond donors (Lipinski definition) is 1. The van der Waals surface area contributed by atoms with Gasteiger partial charge in [-0.3, -0.25) is 4.68 Å². The van der Waals surface area contributed by atoms with Gasteiger partial charge in [0.15, 0.2) is 0 Å². The molecule has 2 heterocycles. The van der Waals surface area contributed by atoms with Crippen LogP contribution in [0, 0.1) is 0 Å². The predicted molar refractivity (Wildman–Crippen MR) is 67.6 cm³/mol. The Hall–Kier alpha value is -1.13. The Labute approximate surface area is 100 Å². The molecule has 0 radical (unpaired) electrons. The van der Waals surface area contributed by atoms with Crippen LogP contribution in [0.5, 0.6) is 0 Å². The highest BCUT2D eigenvalue weighted by molar-refractivity contribution is 7.10. The molecule has 0 saturated heterocycles. The average Bonchev–Trinajstić information content (AvgIpc) is 2.89. The Morgan fingerprint density at radius 2 is 2.44 bits per heavy atom. The molecule has 2 aromatic rings. The first-order valence-electron chi connectivity index (χ1n) is 5.47. The highest BCUT2D eigenvalue weighted by atomic mass is 32.1. The van der Waals surface area contributed by atoms with Gasteiger partial charge in [-0.25, -0.2) is 0 Å². The van der Waals surface area contributed by atoms with E-state index >= 15 is 0 Å². The van der Waals surface area contributed by atoms with Crippen molar-refractivity contribution in [3.05, 3.63) is 40.3 Å². The molecular weight excluding hydrogens is 218 g/mol. The number of nitrogens with one attached hydrogen (secondary N) is 1. The summed E-state index contributed by atoms with van der Waals surface area (Å²) in [6.45, 7) is 4.15. The molecule has 0 aliphatic heterocycles. The molecule has 1 atom stereocenters. The van der Waals surface area contributed by atoms with Crippen molar-refractivity contribution in [2.75, 3.05) is 6.54 Å². The van der Waals surface area contributed by atoms with Gasteiger partial charge in [0.1, 0.15) is 0 Å². The number of hydrogen-bond acceptors (Lipinski definition) is 3. The van der Waals surface area contributed by atoms with Gasteiger partial charge in [-0.1, -0.05) is 13.0 Å². The van der Waals surface area contributed by atoms with Crippen molar-refractivity contribution in [1.82, 2.24) is 15.1 Å². The van der Waals surface area contributed by atoms with E-state index in [1.165, 1.54) is 10.4 Å². The molecule has 0 fully saturated rings. The van der Waals surface area contributed by atoms with E-state index in [0.717, 1.165) is 13.1 Å². The van der Waals surface area contributed by atoms with Gasteiger partial charge in [-0.15, -0.1) is 11.3 Å². The monoisotopic (exact) mass is 235 g/mol. The van der Waals surface area contributed by atoms with E-state index < -0.39 is 0 Å². The van der Waals surface area contributed by atoms with Gasteiger partial charge >= 0.3 is 0 Å². The van der Waals surface area contributed by atoms with Gasteiger partial charge in [0.2, 0.25) is 0 Å². The molecule has 0 bridgehead atoms. The number of nitrogens with zero attached hydrogens (tertiary/aromatic N) is 2. The minimum atomic E-state index is 0.580. The Morgan fingerprint density at radius 3 is 3.06 bits per heavy atom. The van der Waals surface area contributed by atoms with Crippen LogP contribution >= 0.6 is 11.3 Å². The van der Waals surface area contributed by atoms with Crippen LogP contribution in [-0.4, -0.2) is 16.3 Å². The Morgan fingerprint density at radius 1 is 1.56 bits per heavy atom. The molecule has 3 nitrogen and oxygen atoms in total. The van der Waals surface area contributed by atoms with Gasteiger partial charge in [0, 0.05) is 42.7 Å². The van der Waals surface area contributed by atoms with Crippen LogP contribution in [0.15, 0.2) is 29.9 Å². The third-order valence-electron chi connectivity index (χ3n) is 2.57. The summed E-state index contributed by atoms with van der Waals surface area (Å²) >= 11 is 1.82. The highest BCUT2D eigenvalue weighted by Gasteiger charge is 2.05. The summed E-state index contributed by atoms with van der Waals surface area (Å²) < 4.78 is 1.83. The normalized spacial score (nSPS) is 12.9. The molecule has 1 unspecified atom stereocenters. The molecule has 0 spiro atoms. The fourth-order valence-electron chi connectivity index (χ4n) is 1.67. The fourth-order valence-corrected chi connectivity index (χ4v) is 2.46. The lowest BCUT2D eigenvalue weighted by atomic mass is 10.1. The van der Waals surface area contributed by atoms with Crippen molar-refractivity contribution in [2.45, 2.75) is 19.4 Å². The second-order valence-electron chi connectivity index (χ2n) is 4.07. The minimum Gasteiger partial charge on any atom is -0.312 e. The highest BCUT2D eigenvalue weighted by Crippen LogP contribution is 2.19. The van der Waals surface area contributed by atoms with E-state index in [1.54, 1.807) is 0 Å². The summed E-state index contributed by atoms with van der Waals surface area (Å²) in [4.78, 5) is 1.44. The Balaban J connectivity index is 1.76. The smallest absolute Gasteiger partial charge is 0.0534 e. The Bertz CT molecular complexity index is 419. The summed E-state index contributed by atoms with van der Waals surface area (Å²) in [5.74, 6) is 0.580. The lowest BCUT2D eigenvalue weighted by molar-refractivity contribution is 0.621. The predicted octanol–water partition coefficient (Wildman–Crippen LogP) is 2.37. The minimum absolute atomic E-state index is 0.580. The molecule has 4 heteroatoms. The maximum atomic E-state index is 4.14. The van der Waals surface area contributed by atoms with Crippen molar-refractivity contribution in [3.8, 4) is 0 Å². The van der Waals surface area contributed by atoms with E-state index in [2.05, 4.69) is 34.9 Å². The molecule has 1 N–H and O–H groups in total. The third kappa shape index (κ3) is 2.93. The Kier molecular flexibility index (Phi) is 3.74. The van der Waals surface area contributed by atoms with Crippen LogP contribution < -0.4 is 5.32 Å². The van der Waals surface area contributed by atoms with Crippen molar-refractivity contribution >= 4 is 11.3 Å². The van der Waals surface area contributed by atoms with E-state index in [0.29, 0.717) is 5.92 Å². The molecule has 86 valence electrons. The summed E-state index contributed by atoms with van der Waals surface area (Å²) in [6, 6.07) is 4.30. The van der Waals surface area contributed by atoms with Crippen molar-refractivity contribution in [3.63, 3.8) is 0 Å².